The van der Waals surface area contributed by atoms with Crippen molar-refractivity contribution in [1.82, 2.24) is 4.90 Å². The number of esters is 1. The molecule has 0 saturated heterocycles. The second kappa shape index (κ2) is 10.5. The standard InChI is InChI=1S/C24H21F3N4O5/c1-14-20(22(34)36-10-9-32)21(16-7-5-15(12-28)6-8-16)30(13-19(29)33)23(35)31(14)18-4-2-3-17(11-18)24(25,26)27/h2-8,11,21,32H,9-10,13H2,1H3,(H2,29,33)/t21-/m1/s1. The second-order valence-electron chi connectivity index (χ2n) is 7.76. The molecule has 0 spiro atoms. The molecule has 0 saturated carbocycles. The molecular weight excluding hydrogens is 481 g/mol. The lowest BCUT2D eigenvalue weighted by atomic mass is 9.92. The van der Waals surface area contributed by atoms with Gasteiger partial charge in [0.15, 0.2) is 0 Å². The Morgan fingerprint density at radius 3 is 2.42 bits per heavy atom. The average Bonchev–Trinajstić information content (AvgIpc) is 2.83. The summed E-state index contributed by atoms with van der Waals surface area (Å²) < 4.78 is 45.2. The van der Waals surface area contributed by atoms with Gasteiger partial charge in [-0.25, -0.2) is 9.59 Å². The zero-order valence-electron chi connectivity index (χ0n) is 19.0. The Balaban J connectivity index is 2.27. The van der Waals surface area contributed by atoms with Crippen molar-refractivity contribution in [3.63, 3.8) is 0 Å². The highest BCUT2D eigenvalue weighted by molar-refractivity contribution is 6.04. The summed E-state index contributed by atoms with van der Waals surface area (Å²) in [6.45, 7) is -0.209. The van der Waals surface area contributed by atoms with Crippen molar-refractivity contribution >= 4 is 23.6 Å². The van der Waals surface area contributed by atoms with Gasteiger partial charge in [-0.1, -0.05) is 18.2 Å². The molecule has 36 heavy (non-hydrogen) atoms. The molecule has 3 N–H and O–H groups in total. The second-order valence-corrected chi connectivity index (χ2v) is 7.76. The largest absolute Gasteiger partial charge is 0.460 e. The zero-order chi connectivity index (χ0) is 26.6. The normalized spacial score (nSPS) is 16.1. The van der Waals surface area contributed by atoms with Gasteiger partial charge in [0.05, 0.1) is 41.1 Å². The number of carbonyl (C=O) groups is 3. The molecule has 1 aliphatic rings. The van der Waals surface area contributed by atoms with Gasteiger partial charge in [-0.15, -0.1) is 0 Å². The van der Waals surface area contributed by atoms with Crippen LogP contribution in [0.15, 0.2) is 59.8 Å². The maximum Gasteiger partial charge on any atom is 0.416 e. The van der Waals surface area contributed by atoms with Gasteiger partial charge in [0, 0.05) is 5.70 Å². The van der Waals surface area contributed by atoms with E-state index in [1.807, 2.05) is 6.07 Å². The number of nitriles is 1. The third kappa shape index (κ3) is 5.31. The Labute approximate surface area is 203 Å². The lowest BCUT2D eigenvalue weighted by Crippen LogP contribution is -2.53. The van der Waals surface area contributed by atoms with Crippen LogP contribution in [0.4, 0.5) is 23.7 Å². The number of ether oxygens (including phenoxy) is 1. The number of aliphatic hydroxyl groups is 1. The van der Waals surface area contributed by atoms with E-state index >= 15 is 0 Å². The number of nitrogens with zero attached hydrogens (tertiary/aromatic N) is 3. The molecule has 1 atom stereocenters. The zero-order valence-corrected chi connectivity index (χ0v) is 19.0. The molecule has 0 aliphatic carbocycles. The number of anilines is 1. The monoisotopic (exact) mass is 502 g/mol. The number of alkyl halides is 3. The number of rotatable bonds is 7. The van der Waals surface area contributed by atoms with Crippen LogP contribution in [-0.2, 0) is 20.5 Å². The van der Waals surface area contributed by atoms with Gasteiger partial charge in [0.2, 0.25) is 5.91 Å². The summed E-state index contributed by atoms with van der Waals surface area (Å²) in [6.07, 6.45) is -4.70. The molecule has 9 nitrogen and oxygen atoms in total. The van der Waals surface area contributed by atoms with Crippen molar-refractivity contribution in [3.05, 3.63) is 76.5 Å². The number of amides is 3. The fraction of sp³-hybridized carbons (Fsp3) is 0.250. The van der Waals surface area contributed by atoms with Gasteiger partial charge in [0.1, 0.15) is 13.2 Å². The van der Waals surface area contributed by atoms with Gasteiger partial charge in [-0.05, 0) is 42.8 Å². The molecule has 2 aromatic carbocycles. The first-order valence-electron chi connectivity index (χ1n) is 10.5. The van der Waals surface area contributed by atoms with E-state index in [4.69, 9.17) is 20.8 Å². The molecule has 0 bridgehead atoms. The van der Waals surface area contributed by atoms with Gasteiger partial charge < -0.3 is 20.5 Å². The number of benzene rings is 2. The molecule has 188 valence electrons. The van der Waals surface area contributed by atoms with Crippen molar-refractivity contribution in [2.45, 2.75) is 19.1 Å². The fourth-order valence-corrected chi connectivity index (χ4v) is 3.87. The molecule has 1 heterocycles. The minimum atomic E-state index is -4.70. The van der Waals surface area contributed by atoms with E-state index in [1.165, 1.54) is 37.3 Å². The van der Waals surface area contributed by atoms with Crippen molar-refractivity contribution in [1.29, 1.82) is 5.26 Å². The third-order valence-corrected chi connectivity index (χ3v) is 5.41. The summed E-state index contributed by atoms with van der Waals surface area (Å²) in [5.41, 5.74) is 4.54. The van der Waals surface area contributed by atoms with E-state index in [2.05, 4.69) is 0 Å². The van der Waals surface area contributed by atoms with Crippen LogP contribution in [0, 0.1) is 11.3 Å². The Hall–Kier alpha value is -4.37. The van der Waals surface area contributed by atoms with Gasteiger partial charge in [-0.3, -0.25) is 9.69 Å². The predicted molar refractivity (Wildman–Crippen MR) is 120 cm³/mol. The van der Waals surface area contributed by atoms with Crippen molar-refractivity contribution in [2.24, 2.45) is 5.73 Å². The summed E-state index contributed by atoms with van der Waals surface area (Å²) in [7, 11) is 0. The summed E-state index contributed by atoms with van der Waals surface area (Å²) >= 11 is 0. The van der Waals surface area contributed by atoms with Crippen molar-refractivity contribution in [2.75, 3.05) is 24.7 Å². The number of allylic oxidation sites excluding steroid dienone is 1. The van der Waals surface area contributed by atoms with E-state index in [9.17, 15) is 27.6 Å². The van der Waals surface area contributed by atoms with Gasteiger partial charge in [0.25, 0.3) is 0 Å². The van der Waals surface area contributed by atoms with Crippen LogP contribution >= 0.6 is 0 Å². The van der Waals surface area contributed by atoms with Crippen LogP contribution < -0.4 is 10.6 Å². The van der Waals surface area contributed by atoms with E-state index < -0.39 is 48.8 Å². The molecule has 3 rings (SSSR count). The lowest BCUT2D eigenvalue weighted by molar-refractivity contribution is -0.141. The maximum atomic E-state index is 13.6. The smallest absolute Gasteiger partial charge is 0.416 e. The maximum absolute atomic E-state index is 13.6. The quantitative estimate of drug-likeness (QED) is 0.559. The SMILES string of the molecule is CC1=C(C(=O)OCCO)[C@@H](c2ccc(C#N)cc2)N(CC(N)=O)C(=O)N1c1cccc(C(F)(F)F)c1. The highest BCUT2D eigenvalue weighted by Crippen LogP contribution is 2.41. The number of halogens is 3. The first kappa shape index (κ1) is 26.2. The predicted octanol–water partition coefficient (Wildman–Crippen LogP) is 2.86. The Kier molecular flexibility index (Phi) is 7.65. The topological polar surface area (TPSA) is 137 Å². The number of urea groups is 1. The first-order chi connectivity index (χ1) is 17.0. The van der Waals surface area contributed by atoms with Crippen molar-refractivity contribution < 1.29 is 37.4 Å². The molecule has 12 heteroatoms. The number of primary amides is 1. The fourth-order valence-electron chi connectivity index (χ4n) is 3.87. The van der Waals surface area contributed by atoms with E-state index in [0.717, 1.165) is 28.0 Å². The number of hydrogen-bond donors (Lipinski definition) is 2. The Bertz CT molecular complexity index is 1250. The van der Waals surface area contributed by atoms with Gasteiger partial charge in [-0.2, -0.15) is 18.4 Å². The molecule has 2 aromatic rings. The van der Waals surface area contributed by atoms with E-state index in [1.54, 1.807) is 0 Å². The van der Waals surface area contributed by atoms with Crippen LogP contribution in [0.2, 0.25) is 0 Å². The number of hydrogen-bond acceptors (Lipinski definition) is 6. The van der Waals surface area contributed by atoms with Crippen LogP contribution in [0.3, 0.4) is 0 Å². The Morgan fingerprint density at radius 1 is 1.19 bits per heavy atom. The summed E-state index contributed by atoms with van der Waals surface area (Å²) in [4.78, 5) is 40.4. The number of nitrogens with two attached hydrogens (primary N) is 1. The van der Waals surface area contributed by atoms with E-state index in [-0.39, 0.29) is 29.1 Å². The van der Waals surface area contributed by atoms with E-state index in [0.29, 0.717) is 5.56 Å². The molecule has 3 amide bonds. The third-order valence-electron chi connectivity index (χ3n) is 5.41. The summed E-state index contributed by atoms with van der Waals surface area (Å²) in [5.74, 6) is -1.90. The average molecular weight is 502 g/mol. The highest BCUT2D eigenvalue weighted by Gasteiger charge is 2.44. The van der Waals surface area contributed by atoms with Gasteiger partial charge >= 0.3 is 18.2 Å². The minimum absolute atomic E-state index is 0.0441. The molecular formula is C24H21F3N4O5. The lowest BCUT2D eigenvalue weighted by Gasteiger charge is -2.42. The molecule has 0 unspecified atom stereocenters. The molecule has 0 radical (unpaired) electrons. The Morgan fingerprint density at radius 2 is 1.86 bits per heavy atom. The van der Waals surface area contributed by atoms with Crippen LogP contribution in [0.5, 0.6) is 0 Å². The molecule has 0 aromatic heterocycles. The molecule has 1 aliphatic heterocycles. The highest BCUT2D eigenvalue weighted by atomic mass is 19.4. The van der Waals surface area contributed by atoms with Crippen molar-refractivity contribution in [3.8, 4) is 6.07 Å². The first-order valence-corrected chi connectivity index (χ1v) is 10.5. The van der Waals surface area contributed by atoms with Crippen LogP contribution in [-0.4, -0.2) is 47.7 Å². The number of carbonyl (C=O) groups excluding carboxylic acids is 3. The van der Waals surface area contributed by atoms with Crippen LogP contribution in [0.25, 0.3) is 0 Å². The minimum Gasteiger partial charge on any atom is -0.460 e. The summed E-state index contributed by atoms with van der Waals surface area (Å²) in [5, 5.41) is 18.2. The number of aliphatic hydroxyl groups excluding tert-OH is 1. The van der Waals surface area contributed by atoms with Crippen LogP contribution in [0.1, 0.15) is 29.7 Å². The molecule has 0 fully saturated rings. The summed E-state index contributed by atoms with van der Waals surface area (Å²) in [6, 6.07) is 9.55.